The number of phenols is 4. The summed E-state index contributed by atoms with van der Waals surface area (Å²) in [5.74, 6) is 7.55. The molecule has 0 amide bonds. The lowest BCUT2D eigenvalue weighted by Crippen LogP contribution is -2.10. The number of aromatic hydroxyl groups is 6. The molecule has 1 atom stereocenters. The molecule has 16 N–H and O–H groups in total. The van der Waals surface area contributed by atoms with E-state index in [4.69, 9.17) is 120 Å². The van der Waals surface area contributed by atoms with Crippen LogP contribution in [0.2, 0.25) is 30.1 Å². The number of furan rings is 3. The van der Waals surface area contributed by atoms with E-state index < -0.39 is 0 Å². The van der Waals surface area contributed by atoms with Crippen molar-refractivity contribution in [2.24, 2.45) is 5.92 Å². The van der Waals surface area contributed by atoms with Gasteiger partial charge in [0.25, 0.3) is 0 Å². The monoisotopic (exact) mass is 1950 g/mol. The normalized spacial score (nSPS) is 12.2. The summed E-state index contributed by atoms with van der Waals surface area (Å²) in [5, 5.41) is 65.4. The first kappa shape index (κ1) is 95.5. The van der Waals surface area contributed by atoms with E-state index in [0.29, 0.717) is 127 Å². The SMILES string of the molecule is Cc1cc(-c2nc(N)cnc2-c2ccc(O)c(Cl)c2)oc1C.Cc1cc(C)c(-c2nc(N)cnc2-c2ccc(O)c(Cl)c2)o1.Cc1ccc(-c2nc(N)cnc2-c2ccc(O)c(Cl)c2)o1.Cc1ccc(-c2nc(N)cnc2-c2ccc(O)c(Cl)c2)s1.Oc1cnc(-c2ncc(NCC3CC3)nc2-c2ccccc2)cc1Cl.Oc1cnc(-c2ncc(NCC3CO3)nc2-c2ccccc2)cc1Cl. The summed E-state index contributed by atoms with van der Waals surface area (Å²) in [4.78, 5) is 64.0. The predicted octanol–water partition coefficient (Wildman–Crippen LogP) is 23.5. The molecular formula is C99H84Cl6N20O10S. The fraction of sp³-hybridized carbons (Fsp3) is 0.131. The van der Waals surface area contributed by atoms with Crippen LogP contribution in [-0.4, -0.2) is 126 Å². The van der Waals surface area contributed by atoms with E-state index in [9.17, 15) is 30.6 Å². The van der Waals surface area contributed by atoms with Gasteiger partial charge in [0.05, 0.1) is 131 Å². The van der Waals surface area contributed by atoms with Crippen molar-refractivity contribution in [3.63, 3.8) is 0 Å². The van der Waals surface area contributed by atoms with Gasteiger partial charge in [0.1, 0.15) is 121 Å². The number of rotatable bonds is 18. The molecule has 0 bridgehead atoms. The van der Waals surface area contributed by atoms with Crippen LogP contribution in [0.3, 0.4) is 0 Å². The van der Waals surface area contributed by atoms with Crippen molar-refractivity contribution in [2.75, 3.05) is 53.3 Å². The Morgan fingerprint density at radius 2 is 0.743 bits per heavy atom. The van der Waals surface area contributed by atoms with Crippen LogP contribution in [0.1, 0.15) is 46.1 Å². The van der Waals surface area contributed by atoms with Crippen LogP contribution in [0.5, 0.6) is 34.5 Å². The number of nitrogen functional groups attached to an aromatic ring is 4. The van der Waals surface area contributed by atoms with Crippen molar-refractivity contribution in [1.82, 2.24) is 69.8 Å². The third-order valence-corrected chi connectivity index (χ3v) is 23.5. The number of nitrogens with two attached hydrogens (primary N) is 4. The Kier molecular flexibility index (Phi) is 30.1. The van der Waals surface area contributed by atoms with Gasteiger partial charge >= 0.3 is 0 Å². The number of hydrogen-bond acceptors (Lipinski definition) is 31. The van der Waals surface area contributed by atoms with Crippen LogP contribution in [0.15, 0.2) is 245 Å². The summed E-state index contributed by atoms with van der Waals surface area (Å²) in [7, 11) is 0. The van der Waals surface area contributed by atoms with Crippen molar-refractivity contribution in [3.05, 3.63) is 295 Å². The largest absolute Gasteiger partial charge is 0.506 e. The summed E-state index contributed by atoms with van der Waals surface area (Å²) < 4.78 is 22.3. The lowest BCUT2D eigenvalue weighted by atomic mass is 10.1. The Labute approximate surface area is 812 Å². The number of thiophene rings is 1. The number of nitrogens with zero attached hydrogens (tertiary/aromatic N) is 14. The minimum Gasteiger partial charge on any atom is -0.506 e. The van der Waals surface area contributed by atoms with Crippen LogP contribution in [0.25, 0.3) is 135 Å². The quantitative estimate of drug-likeness (QED) is 0.0355. The Balaban J connectivity index is 0.000000124. The molecule has 20 rings (SSSR count). The van der Waals surface area contributed by atoms with E-state index in [1.165, 1.54) is 73.1 Å². The smallest absolute Gasteiger partial charge is 0.157 e. The van der Waals surface area contributed by atoms with E-state index in [-0.39, 0.29) is 70.7 Å². The molecular weight excluding hydrogens is 1870 g/mol. The molecule has 688 valence electrons. The maximum atomic E-state index is 9.61. The molecule has 30 nitrogen and oxygen atoms in total. The molecule has 1 aliphatic carbocycles. The molecule has 37 heteroatoms. The lowest BCUT2D eigenvalue weighted by Gasteiger charge is -2.11. The third-order valence-electron chi connectivity index (χ3n) is 20.6. The molecule has 12 aromatic heterocycles. The van der Waals surface area contributed by atoms with Gasteiger partial charge in [0.2, 0.25) is 0 Å². The zero-order valence-electron chi connectivity index (χ0n) is 73.2. The van der Waals surface area contributed by atoms with Gasteiger partial charge in [-0.3, -0.25) is 15.0 Å². The molecule has 1 unspecified atom stereocenters. The fourth-order valence-corrected chi connectivity index (χ4v) is 15.3. The first-order valence-electron chi connectivity index (χ1n) is 41.8. The summed E-state index contributed by atoms with van der Waals surface area (Å²) in [6, 6.07) is 53.8. The second-order valence-electron chi connectivity index (χ2n) is 31.0. The minimum atomic E-state index is -0.0673. The number of ether oxygens (including phenoxy) is 1. The zero-order valence-corrected chi connectivity index (χ0v) is 78.5. The third kappa shape index (κ3) is 23.9. The number of hydrogen-bond donors (Lipinski definition) is 12. The molecule has 13 heterocycles. The van der Waals surface area contributed by atoms with Gasteiger partial charge < -0.3 is 82.2 Å². The summed E-state index contributed by atoms with van der Waals surface area (Å²) >= 11 is 37.6. The van der Waals surface area contributed by atoms with E-state index >= 15 is 0 Å². The molecule has 1 saturated heterocycles. The van der Waals surface area contributed by atoms with Crippen LogP contribution in [0.4, 0.5) is 34.9 Å². The van der Waals surface area contributed by atoms with Crippen molar-refractivity contribution < 1.29 is 48.6 Å². The van der Waals surface area contributed by atoms with Crippen LogP contribution in [0, 0.1) is 47.5 Å². The Morgan fingerprint density at radius 1 is 0.338 bits per heavy atom. The highest BCUT2D eigenvalue weighted by Crippen LogP contribution is 2.43. The van der Waals surface area contributed by atoms with Crippen LogP contribution in [-0.2, 0) is 4.74 Å². The molecule has 136 heavy (non-hydrogen) atoms. The topological polar surface area (TPSA) is 482 Å². The molecule has 2 fully saturated rings. The summed E-state index contributed by atoms with van der Waals surface area (Å²) in [5.41, 5.74) is 38.4. The van der Waals surface area contributed by atoms with Gasteiger partial charge in [0, 0.05) is 51.3 Å². The van der Waals surface area contributed by atoms with Gasteiger partial charge in [0.15, 0.2) is 28.8 Å². The number of aryl methyl sites for hydroxylation is 6. The molecule has 2 aliphatic rings. The van der Waals surface area contributed by atoms with E-state index in [0.717, 1.165) is 97.4 Å². The van der Waals surface area contributed by atoms with Crippen molar-refractivity contribution in [1.29, 1.82) is 0 Å². The molecule has 1 saturated carbocycles. The number of pyridine rings is 2. The summed E-state index contributed by atoms with van der Waals surface area (Å²) in [6.45, 7) is 13.9. The van der Waals surface area contributed by atoms with Crippen molar-refractivity contribution in [2.45, 2.75) is 60.5 Å². The van der Waals surface area contributed by atoms with Crippen molar-refractivity contribution >= 4 is 116 Å². The Bertz CT molecular complexity index is 7070. The van der Waals surface area contributed by atoms with E-state index in [1.807, 2.05) is 139 Å². The van der Waals surface area contributed by atoms with Gasteiger partial charge in [-0.05, 0) is 193 Å². The molecule has 18 aromatic rings. The van der Waals surface area contributed by atoms with Gasteiger partial charge in [-0.1, -0.05) is 130 Å². The number of epoxide rings is 1. The number of aromatic nitrogens is 14. The number of nitrogens with one attached hydrogen (secondary N) is 2. The van der Waals surface area contributed by atoms with E-state index in [1.54, 1.807) is 90.5 Å². The molecule has 0 spiro atoms. The zero-order chi connectivity index (χ0) is 96.1. The highest BCUT2D eigenvalue weighted by Gasteiger charge is 2.27. The summed E-state index contributed by atoms with van der Waals surface area (Å²) in [6.07, 6.45) is 14.7. The maximum Gasteiger partial charge on any atom is 0.157 e. The molecule has 6 aromatic carbocycles. The maximum absolute atomic E-state index is 9.61. The minimum absolute atomic E-state index is 0.0132. The van der Waals surface area contributed by atoms with Crippen LogP contribution < -0.4 is 33.6 Å². The lowest BCUT2D eigenvalue weighted by molar-refractivity contribution is 0.416. The molecule has 0 radical (unpaired) electrons. The average molecular weight is 1960 g/mol. The fourth-order valence-electron chi connectivity index (χ4n) is 13.4. The second kappa shape index (κ2) is 42.9. The number of halogens is 6. The standard InChI is InChI=1S/C19H17ClN4O.C18H15ClN4O2.2C16H14ClN3O2.C15H12ClN3O2.C15H12ClN3OS/c20-14-8-15(21-10-16(14)25)19-18(13-4-2-1-3-5-13)24-17(11-23-19)22-9-12-6-7-12;19-13-6-14(20-8-15(13)24)18-17(11-4-2-1-3-5-11)23-16(9-22-18)21-7-12-10-25-12;1-8-5-13(22-9(8)2)16-15(19-7-14(18)20-16)10-3-4-12(21)11(17)6-10;1-8-5-9(2)22-16(8)15-14(19-7-13(18)20-15)10-3-4-12(21)11(17)6-10;2*1-8-2-5-12(21-8)15-14(18-7-13(17)19-15)9-3-4-11(20)10(16)6-9/h1-5,8,10-12,25H,6-7,9H2,(H,22,24);1-6,8-9,12,24H,7,10H2,(H,21,23);2*3-7,21H,1-2H3,(H2,18,20);2*2-7,20H,1H3,(H2,17,19). The molecule has 1 aliphatic heterocycles. The van der Waals surface area contributed by atoms with Gasteiger partial charge in [-0.25, -0.2) is 54.8 Å². The second-order valence-corrected chi connectivity index (χ2v) is 34.7. The average Bonchev–Trinajstić information content (AvgIpc) is 1.57. The predicted molar refractivity (Wildman–Crippen MR) is 533 cm³/mol. The number of phenolic OH excluding ortho intramolecular Hbond substituents is 4. The van der Waals surface area contributed by atoms with E-state index in [2.05, 4.69) is 70.4 Å². The highest BCUT2D eigenvalue weighted by molar-refractivity contribution is 7.15. The van der Waals surface area contributed by atoms with Crippen molar-refractivity contribution in [3.8, 4) is 170 Å². The Hall–Kier alpha value is -15.1. The highest BCUT2D eigenvalue weighted by atomic mass is 35.5. The van der Waals surface area contributed by atoms with Crippen LogP contribution >= 0.6 is 80.9 Å². The first-order valence-corrected chi connectivity index (χ1v) is 44.9. The van der Waals surface area contributed by atoms with Gasteiger partial charge in [-0.2, -0.15) is 0 Å². The first-order chi connectivity index (χ1) is 65.4. The number of benzene rings is 6. The Morgan fingerprint density at radius 3 is 1.12 bits per heavy atom. The number of anilines is 6. The van der Waals surface area contributed by atoms with Gasteiger partial charge in [-0.15, -0.1) is 11.3 Å².